The summed E-state index contributed by atoms with van der Waals surface area (Å²) in [6, 6.07) is 83.4. The molecule has 4 heteroatoms. The first-order valence-corrected chi connectivity index (χ1v) is 26.5. The van der Waals surface area contributed by atoms with E-state index in [9.17, 15) is 4.79 Å². The van der Waals surface area contributed by atoms with Crippen LogP contribution in [0.5, 0.6) is 0 Å². The van der Waals surface area contributed by atoms with E-state index in [0.717, 1.165) is 54.0 Å². The molecule has 0 aromatic heterocycles. The van der Waals surface area contributed by atoms with Crippen LogP contribution in [0.2, 0.25) is 10.0 Å². The minimum Gasteiger partial charge on any atom is -0.289 e. The third kappa shape index (κ3) is 6.28. The van der Waals surface area contributed by atoms with Gasteiger partial charge in [-0.1, -0.05) is 265 Å². The molecule has 0 radical (unpaired) electrons. The lowest BCUT2D eigenvalue weighted by Gasteiger charge is -2.31. The zero-order chi connectivity index (χ0) is 49.4. The van der Waals surface area contributed by atoms with E-state index in [4.69, 9.17) is 23.2 Å². The third-order valence-corrected chi connectivity index (χ3v) is 17.5. The molecule has 0 bridgehead atoms. The molecule has 0 atom stereocenters. The molecule has 5 aliphatic rings. The average Bonchev–Trinajstić information content (AvgIpc) is 4.42. The smallest absolute Gasteiger partial charge is 0.194 e. The van der Waals surface area contributed by atoms with Gasteiger partial charge in [-0.15, -0.1) is 0 Å². The fourth-order valence-electron chi connectivity index (χ4n) is 13.1. The lowest BCUT2D eigenvalue weighted by molar-refractivity contribution is 0.104. The Hall–Kier alpha value is -8.11. The molecule has 0 N–H and O–H groups in total. The van der Waals surface area contributed by atoms with Crippen LogP contribution in [-0.4, -0.2) is 5.78 Å². The highest BCUT2D eigenvalue weighted by atomic mass is 79.9. The second-order valence-electron chi connectivity index (χ2n) is 19.6. The Morgan fingerprint density at radius 3 is 1.27 bits per heavy atom. The van der Waals surface area contributed by atoms with Crippen LogP contribution in [0.4, 0.5) is 0 Å². The van der Waals surface area contributed by atoms with E-state index in [1.165, 1.54) is 99.4 Å². The number of halogens is 3. The molecule has 12 aromatic carbocycles. The van der Waals surface area contributed by atoms with Crippen LogP contribution in [0.15, 0.2) is 241 Å². The van der Waals surface area contributed by atoms with Crippen molar-refractivity contribution in [2.24, 2.45) is 0 Å². The summed E-state index contributed by atoms with van der Waals surface area (Å²) >= 11 is 18.0. The van der Waals surface area contributed by atoms with Crippen LogP contribution in [0, 0.1) is 0 Å². The van der Waals surface area contributed by atoms with Gasteiger partial charge in [0.1, 0.15) is 0 Å². The van der Waals surface area contributed by atoms with Crippen molar-refractivity contribution < 1.29 is 4.79 Å². The molecule has 354 valence electrons. The summed E-state index contributed by atoms with van der Waals surface area (Å²) in [6.07, 6.45) is 0. The van der Waals surface area contributed by atoms with Gasteiger partial charge in [-0.3, -0.25) is 4.79 Å². The van der Waals surface area contributed by atoms with Gasteiger partial charge in [-0.25, -0.2) is 0 Å². The van der Waals surface area contributed by atoms with E-state index in [1.807, 2.05) is 48.5 Å². The Bertz CT molecular complexity index is 4380. The molecular weight excluding hydrogens is 1020 g/mol. The van der Waals surface area contributed by atoms with Gasteiger partial charge >= 0.3 is 0 Å². The Morgan fingerprint density at radius 2 is 0.707 bits per heavy atom. The van der Waals surface area contributed by atoms with Gasteiger partial charge in [0.2, 0.25) is 0 Å². The first-order valence-electron chi connectivity index (χ1n) is 24.9. The summed E-state index contributed by atoms with van der Waals surface area (Å²) in [6.45, 7) is 0. The highest BCUT2D eigenvalue weighted by Gasteiger charge is 2.53. The first kappa shape index (κ1) is 45.5. The number of hydrogen-bond donors (Lipinski definition) is 0. The number of hydrogen-bond acceptors (Lipinski definition) is 1. The van der Waals surface area contributed by atoms with E-state index in [2.05, 4.69) is 204 Å². The van der Waals surface area contributed by atoms with Crippen molar-refractivity contribution in [3.05, 3.63) is 284 Å². The SMILES string of the molecule is Brc1ccccc1-c1ccccc1.C.Clc1c2c(cc3c1-c1ccccc1C31c3ccccc3-c3ccccc31)-c1cccc3cccc-2c13.O=C1c2ccccc2-c2c1cc1c(c2Cl)-c2cccc3cccc-1c23. The summed E-state index contributed by atoms with van der Waals surface area (Å²) in [5, 5.41) is 6.58. The molecule has 0 unspecified atom stereocenters. The fourth-order valence-corrected chi connectivity index (χ4v) is 14.5. The van der Waals surface area contributed by atoms with Crippen molar-refractivity contribution in [1.29, 1.82) is 0 Å². The maximum Gasteiger partial charge on any atom is 0.194 e. The average molecular weight is 1060 g/mol. The van der Waals surface area contributed by atoms with Crippen molar-refractivity contribution in [3.63, 3.8) is 0 Å². The number of fused-ring (bicyclic) bond motifs is 19. The van der Waals surface area contributed by atoms with Crippen LogP contribution in [0.25, 0.3) is 111 Å². The summed E-state index contributed by atoms with van der Waals surface area (Å²) in [4.78, 5) is 12.9. The maximum absolute atomic E-state index is 12.9. The van der Waals surface area contributed by atoms with Gasteiger partial charge in [0.25, 0.3) is 0 Å². The second-order valence-corrected chi connectivity index (χ2v) is 21.2. The molecule has 0 fully saturated rings. The number of rotatable bonds is 1. The molecule has 0 saturated heterocycles. The van der Waals surface area contributed by atoms with E-state index in [-0.39, 0.29) is 18.6 Å². The molecule has 0 saturated carbocycles. The van der Waals surface area contributed by atoms with E-state index < -0.39 is 0 Å². The summed E-state index contributed by atoms with van der Waals surface area (Å²) in [5.41, 5.74) is 25.2. The van der Waals surface area contributed by atoms with Crippen molar-refractivity contribution >= 4 is 66.5 Å². The summed E-state index contributed by atoms with van der Waals surface area (Å²) in [5.74, 6) is 0.0680. The van der Waals surface area contributed by atoms with Crippen LogP contribution in [-0.2, 0) is 5.41 Å². The zero-order valence-corrected chi connectivity index (χ0v) is 42.7. The molecule has 12 aromatic rings. The van der Waals surface area contributed by atoms with Gasteiger partial charge in [-0.2, -0.15) is 0 Å². The quantitative estimate of drug-likeness (QED) is 0.160. The number of ketones is 1. The molecule has 1 nitrogen and oxygen atoms in total. The zero-order valence-electron chi connectivity index (χ0n) is 39.6. The van der Waals surface area contributed by atoms with Crippen molar-refractivity contribution in [1.82, 2.24) is 0 Å². The maximum atomic E-state index is 12.9. The predicted molar refractivity (Wildman–Crippen MR) is 318 cm³/mol. The lowest BCUT2D eigenvalue weighted by atomic mass is 9.70. The Kier molecular flexibility index (Phi) is 10.5. The molecule has 17 rings (SSSR count). The predicted octanol–water partition coefficient (Wildman–Crippen LogP) is 20.6. The van der Waals surface area contributed by atoms with Crippen molar-refractivity contribution in [2.75, 3.05) is 0 Å². The monoisotopic (exact) mass is 1060 g/mol. The van der Waals surface area contributed by atoms with Gasteiger partial charge in [0.15, 0.2) is 5.78 Å². The van der Waals surface area contributed by atoms with Crippen LogP contribution in [0.1, 0.15) is 45.6 Å². The normalized spacial score (nSPS) is 13.0. The van der Waals surface area contributed by atoms with E-state index in [0.29, 0.717) is 5.02 Å². The third-order valence-electron chi connectivity index (χ3n) is 16.1. The highest BCUT2D eigenvalue weighted by Crippen LogP contribution is 2.66. The number of carbonyl (C=O) groups excluding carboxylic acids is 1. The minimum absolute atomic E-state index is 0. The minimum atomic E-state index is -0.375. The molecule has 5 aliphatic carbocycles. The summed E-state index contributed by atoms with van der Waals surface area (Å²) < 4.78 is 1.14. The molecule has 0 aliphatic heterocycles. The molecule has 0 heterocycles. The van der Waals surface area contributed by atoms with Crippen LogP contribution in [0.3, 0.4) is 0 Å². The standard InChI is InChI=1S/C35H19Cl.C23H11ClO.C12H9Br.CH4/c36-34-32-25-15-8-10-20-9-7-14-23(31(20)25)26(32)19-30-33(34)24-13-3-6-18-29(24)35(30)27-16-4-1-11-21(27)22-12-2-5-17-28(22)35;24-22-20-13-7-1-2-8-15(13)23(25)18(20)11-17-14-9-3-5-12-6-4-10-16(19(12)14)21(17)22;13-12-9-5-4-8-11(12)10-6-2-1-3-7-10;/h1-19H;1-11H;1-9H;1H4. The van der Waals surface area contributed by atoms with Crippen LogP contribution >= 0.6 is 39.1 Å². The first-order chi connectivity index (χ1) is 36.4. The van der Waals surface area contributed by atoms with Gasteiger partial charge in [0, 0.05) is 37.9 Å². The molecular formula is C71H43BrCl2O. The highest BCUT2D eigenvalue weighted by molar-refractivity contribution is 9.10. The molecule has 1 spiro atoms. The summed E-state index contributed by atoms with van der Waals surface area (Å²) in [7, 11) is 0. The Balaban J connectivity index is 0.000000115. The van der Waals surface area contributed by atoms with Crippen molar-refractivity contribution in [3.8, 4) is 89.0 Å². The van der Waals surface area contributed by atoms with Gasteiger partial charge in [0.05, 0.1) is 15.5 Å². The van der Waals surface area contributed by atoms with Gasteiger partial charge in [-0.05, 0) is 129 Å². The number of carbonyl (C=O) groups is 1. The second kappa shape index (κ2) is 17.2. The van der Waals surface area contributed by atoms with E-state index in [1.54, 1.807) is 0 Å². The van der Waals surface area contributed by atoms with E-state index >= 15 is 0 Å². The van der Waals surface area contributed by atoms with Crippen LogP contribution < -0.4 is 0 Å². The fraction of sp³-hybridized carbons (Fsp3) is 0.0282. The Morgan fingerprint density at radius 1 is 0.307 bits per heavy atom. The largest absolute Gasteiger partial charge is 0.289 e. The number of benzene rings is 12. The topological polar surface area (TPSA) is 17.1 Å². The van der Waals surface area contributed by atoms with Gasteiger partial charge < -0.3 is 0 Å². The molecule has 75 heavy (non-hydrogen) atoms. The lowest BCUT2D eigenvalue weighted by Crippen LogP contribution is -2.25. The molecule has 0 amide bonds. The van der Waals surface area contributed by atoms with Crippen molar-refractivity contribution in [2.45, 2.75) is 12.8 Å². The Labute approximate surface area is 454 Å².